The first-order chi connectivity index (χ1) is 12.6. The Bertz CT molecular complexity index is 837. The second-order valence-corrected chi connectivity index (χ2v) is 7.15. The number of carbonyl (C=O) groups is 1. The van der Waals surface area contributed by atoms with E-state index in [-0.39, 0.29) is 17.1 Å². The van der Waals surface area contributed by atoms with Crippen molar-refractivity contribution in [3.05, 3.63) is 54.5 Å². The zero-order chi connectivity index (χ0) is 18.4. The minimum atomic E-state index is -0.293. The minimum Gasteiger partial charge on any atom is -0.351 e. The molecule has 2 N–H and O–H groups in total. The summed E-state index contributed by atoms with van der Waals surface area (Å²) in [7, 11) is 0. The Hall–Kier alpha value is -2.74. The molecule has 0 saturated carbocycles. The molecule has 0 bridgehead atoms. The average molecular weight is 368 g/mol. The van der Waals surface area contributed by atoms with E-state index in [1.807, 2.05) is 44.2 Å². The predicted octanol–water partition coefficient (Wildman–Crippen LogP) is 2.69. The van der Waals surface area contributed by atoms with Crippen molar-refractivity contribution < 1.29 is 4.79 Å². The maximum Gasteiger partial charge on any atom is 0.234 e. The summed E-state index contributed by atoms with van der Waals surface area (Å²) < 4.78 is 0. The van der Waals surface area contributed by atoms with Crippen LogP contribution in [0, 0.1) is 5.92 Å². The molecule has 1 atom stereocenters. The fourth-order valence-electron chi connectivity index (χ4n) is 2.31. The second-order valence-electron chi connectivity index (χ2n) is 6.04. The molecule has 0 aliphatic rings. The molecule has 1 unspecified atom stereocenters. The Labute approximate surface area is 156 Å². The number of aromatic nitrogens is 5. The van der Waals surface area contributed by atoms with E-state index < -0.39 is 0 Å². The van der Waals surface area contributed by atoms with Gasteiger partial charge >= 0.3 is 0 Å². The number of hydrogen-bond donors (Lipinski definition) is 2. The molecule has 1 amide bonds. The van der Waals surface area contributed by atoms with E-state index in [9.17, 15) is 4.79 Å². The first kappa shape index (κ1) is 18.1. The van der Waals surface area contributed by atoms with Crippen LogP contribution in [-0.2, 0) is 11.3 Å². The number of pyridine rings is 2. The molecule has 0 aliphatic carbocycles. The molecule has 7 nitrogen and oxygen atoms in total. The van der Waals surface area contributed by atoms with Gasteiger partial charge in [0.15, 0.2) is 5.82 Å². The molecule has 3 aromatic heterocycles. The fraction of sp³-hybridized carbons (Fsp3) is 0.278. The predicted molar refractivity (Wildman–Crippen MR) is 100 cm³/mol. The highest BCUT2D eigenvalue weighted by molar-refractivity contribution is 8.00. The summed E-state index contributed by atoms with van der Waals surface area (Å²) in [6.07, 6.45) is 5.15. The lowest BCUT2D eigenvalue weighted by Gasteiger charge is -2.18. The van der Waals surface area contributed by atoms with E-state index in [4.69, 9.17) is 0 Å². The molecule has 0 aromatic carbocycles. The molecule has 26 heavy (non-hydrogen) atoms. The van der Waals surface area contributed by atoms with Gasteiger partial charge in [-0.2, -0.15) is 4.98 Å². The summed E-state index contributed by atoms with van der Waals surface area (Å²) in [6, 6.07) is 9.37. The highest BCUT2D eigenvalue weighted by Crippen LogP contribution is 2.27. The van der Waals surface area contributed by atoms with Crippen LogP contribution in [0.4, 0.5) is 0 Å². The van der Waals surface area contributed by atoms with Crippen molar-refractivity contribution in [2.24, 2.45) is 5.92 Å². The van der Waals surface area contributed by atoms with Gasteiger partial charge in [0.1, 0.15) is 5.69 Å². The quantitative estimate of drug-likeness (QED) is 0.623. The molecule has 134 valence electrons. The van der Waals surface area contributed by atoms with Gasteiger partial charge in [0.25, 0.3) is 0 Å². The van der Waals surface area contributed by atoms with Crippen molar-refractivity contribution >= 4 is 17.7 Å². The third-order valence-electron chi connectivity index (χ3n) is 3.66. The van der Waals surface area contributed by atoms with E-state index in [2.05, 4.69) is 30.5 Å². The van der Waals surface area contributed by atoms with Crippen molar-refractivity contribution in [2.75, 3.05) is 0 Å². The molecule has 0 spiro atoms. The summed E-state index contributed by atoms with van der Waals surface area (Å²) in [5, 5.41) is 10.3. The number of hydrogen-bond acceptors (Lipinski definition) is 6. The van der Waals surface area contributed by atoms with Crippen LogP contribution in [-0.4, -0.2) is 36.3 Å². The monoisotopic (exact) mass is 368 g/mol. The van der Waals surface area contributed by atoms with Crippen molar-refractivity contribution in [3.8, 4) is 11.5 Å². The van der Waals surface area contributed by atoms with Gasteiger partial charge in [0.2, 0.25) is 11.1 Å². The molecule has 3 rings (SSSR count). The number of aromatic amines is 1. The Morgan fingerprint density at radius 3 is 2.81 bits per heavy atom. The van der Waals surface area contributed by atoms with E-state index in [0.717, 1.165) is 5.56 Å². The summed E-state index contributed by atoms with van der Waals surface area (Å²) >= 11 is 1.35. The number of nitrogens with one attached hydrogen (secondary N) is 2. The Kier molecular flexibility index (Phi) is 5.96. The lowest BCUT2D eigenvalue weighted by Crippen LogP contribution is -2.35. The maximum absolute atomic E-state index is 12.6. The number of amides is 1. The molecule has 0 radical (unpaired) electrons. The fourth-order valence-corrected chi connectivity index (χ4v) is 3.25. The molecule has 3 heterocycles. The first-order valence-corrected chi connectivity index (χ1v) is 9.18. The number of H-pyrrole nitrogens is 1. The third-order valence-corrected chi connectivity index (χ3v) is 5.06. The van der Waals surface area contributed by atoms with Crippen LogP contribution in [0.2, 0.25) is 0 Å². The van der Waals surface area contributed by atoms with E-state index in [1.165, 1.54) is 11.8 Å². The van der Waals surface area contributed by atoms with Crippen LogP contribution in [0.5, 0.6) is 0 Å². The Balaban J connectivity index is 1.65. The first-order valence-electron chi connectivity index (χ1n) is 8.30. The smallest absolute Gasteiger partial charge is 0.234 e. The summed E-state index contributed by atoms with van der Waals surface area (Å²) in [6.45, 7) is 4.46. The molecule has 0 aliphatic heterocycles. The zero-order valence-electron chi connectivity index (χ0n) is 14.6. The number of carbonyl (C=O) groups excluding carboxylic acids is 1. The summed E-state index contributed by atoms with van der Waals surface area (Å²) in [5.74, 6) is 0.676. The second kappa shape index (κ2) is 8.57. The van der Waals surface area contributed by atoms with Gasteiger partial charge in [0.05, 0.1) is 5.25 Å². The van der Waals surface area contributed by atoms with Crippen LogP contribution >= 0.6 is 11.8 Å². The third kappa shape index (κ3) is 4.66. The van der Waals surface area contributed by atoms with Gasteiger partial charge in [-0.3, -0.25) is 19.9 Å². The largest absolute Gasteiger partial charge is 0.351 e. The number of thioether (sulfide) groups is 1. The van der Waals surface area contributed by atoms with Gasteiger partial charge in [-0.1, -0.05) is 37.7 Å². The van der Waals surface area contributed by atoms with Crippen LogP contribution in [0.15, 0.2) is 54.1 Å². The van der Waals surface area contributed by atoms with Crippen LogP contribution in [0.1, 0.15) is 19.4 Å². The van der Waals surface area contributed by atoms with Crippen LogP contribution < -0.4 is 5.32 Å². The van der Waals surface area contributed by atoms with Gasteiger partial charge in [-0.25, -0.2) is 0 Å². The Morgan fingerprint density at radius 1 is 1.23 bits per heavy atom. The van der Waals surface area contributed by atoms with E-state index in [1.54, 1.807) is 18.6 Å². The molecule has 3 aromatic rings. The minimum absolute atomic E-state index is 0.0435. The lowest BCUT2D eigenvalue weighted by atomic mass is 10.1. The van der Waals surface area contributed by atoms with Crippen molar-refractivity contribution in [1.82, 2.24) is 30.5 Å². The van der Waals surface area contributed by atoms with Gasteiger partial charge in [0, 0.05) is 25.1 Å². The maximum atomic E-state index is 12.6. The summed E-state index contributed by atoms with van der Waals surface area (Å²) in [5.41, 5.74) is 1.68. The number of nitrogens with zero attached hydrogens (tertiary/aromatic N) is 4. The van der Waals surface area contributed by atoms with Gasteiger partial charge in [-0.15, -0.1) is 5.10 Å². The highest BCUT2D eigenvalue weighted by atomic mass is 32.2. The molecular weight excluding hydrogens is 348 g/mol. The summed E-state index contributed by atoms with van der Waals surface area (Å²) in [4.78, 5) is 25.4. The highest BCUT2D eigenvalue weighted by Gasteiger charge is 2.25. The van der Waals surface area contributed by atoms with Crippen LogP contribution in [0.25, 0.3) is 11.5 Å². The molecule has 0 fully saturated rings. The van der Waals surface area contributed by atoms with Crippen LogP contribution in [0.3, 0.4) is 0 Å². The van der Waals surface area contributed by atoms with E-state index >= 15 is 0 Å². The standard InChI is InChI=1S/C18H20N6OS/c1-12(2)15(17(25)21-11-13-6-5-8-19-10-13)26-18-22-16(23-24-18)14-7-3-4-9-20-14/h3-10,12,15H,11H2,1-2H3,(H,21,25)(H,22,23,24). The number of rotatable bonds is 7. The molecule has 0 saturated heterocycles. The normalized spacial score (nSPS) is 12.1. The van der Waals surface area contributed by atoms with Crippen molar-refractivity contribution in [3.63, 3.8) is 0 Å². The molecular formula is C18H20N6OS. The SMILES string of the molecule is CC(C)C(Sc1n[nH]c(-c2ccccn2)n1)C(=O)NCc1cccnc1. The lowest BCUT2D eigenvalue weighted by molar-refractivity contribution is -0.121. The van der Waals surface area contributed by atoms with Gasteiger partial charge < -0.3 is 5.32 Å². The van der Waals surface area contributed by atoms with Crippen molar-refractivity contribution in [2.45, 2.75) is 30.8 Å². The zero-order valence-corrected chi connectivity index (χ0v) is 15.4. The van der Waals surface area contributed by atoms with Crippen molar-refractivity contribution in [1.29, 1.82) is 0 Å². The van der Waals surface area contributed by atoms with E-state index in [0.29, 0.717) is 23.2 Å². The topological polar surface area (TPSA) is 96.5 Å². The molecule has 8 heteroatoms. The average Bonchev–Trinajstić information content (AvgIpc) is 3.14. The van der Waals surface area contributed by atoms with Gasteiger partial charge in [-0.05, 0) is 29.7 Å². The Morgan fingerprint density at radius 2 is 2.12 bits per heavy atom.